The SMILES string of the molecule is C=CC(=O)C(C(=O)O)C(C)(CC)C(=O)O. The molecule has 0 radical (unpaired) electrons. The predicted octanol–water partition coefficient (Wildman–Crippen LogP) is 0.943. The van der Waals surface area contributed by atoms with E-state index in [-0.39, 0.29) is 6.42 Å². The third-order valence-electron chi connectivity index (χ3n) is 2.59. The molecule has 0 spiro atoms. The first-order valence-electron chi connectivity index (χ1n) is 4.43. The van der Waals surface area contributed by atoms with E-state index in [1.54, 1.807) is 0 Å². The highest BCUT2D eigenvalue weighted by Gasteiger charge is 2.47. The van der Waals surface area contributed by atoms with Crippen molar-refractivity contribution in [2.45, 2.75) is 20.3 Å². The first-order valence-corrected chi connectivity index (χ1v) is 4.43. The number of hydrogen-bond acceptors (Lipinski definition) is 3. The Kier molecular flexibility index (Phi) is 4.21. The quantitative estimate of drug-likeness (QED) is 0.507. The van der Waals surface area contributed by atoms with E-state index in [2.05, 4.69) is 6.58 Å². The Bertz CT molecular complexity index is 307. The number of carboxylic acids is 2. The smallest absolute Gasteiger partial charge is 0.315 e. The molecule has 15 heavy (non-hydrogen) atoms. The summed E-state index contributed by atoms with van der Waals surface area (Å²) in [4.78, 5) is 33.1. The van der Waals surface area contributed by atoms with Crippen LogP contribution in [0, 0.1) is 11.3 Å². The van der Waals surface area contributed by atoms with E-state index in [0.717, 1.165) is 6.08 Å². The zero-order valence-corrected chi connectivity index (χ0v) is 8.69. The van der Waals surface area contributed by atoms with Gasteiger partial charge in [0.15, 0.2) is 5.78 Å². The largest absolute Gasteiger partial charge is 0.481 e. The lowest BCUT2D eigenvalue weighted by Crippen LogP contribution is -2.43. The molecule has 0 rings (SSSR count). The molecule has 5 heteroatoms. The van der Waals surface area contributed by atoms with E-state index in [1.165, 1.54) is 13.8 Å². The average molecular weight is 214 g/mol. The molecule has 2 unspecified atom stereocenters. The second-order valence-electron chi connectivity index (χ2n) is 3.45. The number of allylic oxidation sites excluding steroid dienone is 1. The molecule has 0 heterocycles. The van der Waals surface area contributed by atoms with Gasteiger partial charge in [-0.2, -0.15) is 0 Å². The second kappa shape index (κ2) is 4.72. The van der Waals surface area contributed by atoms with Gasteiger partial charge < -0.3 is 10.2 Å². The van der Waals surface area contributed by atoms with Gasteiger partial charge >= 0.3 is 11.9 Å². The lowest BCUT2D eigenvalue weighted by atomic mass is 9.73. The first kappa shape index (κ1) is 13.4. The topological polar surface area (TPSA) is 91.7 Å². The molecule has 0 saturated carbocycles. The summed E-state index contributed by atoms with van der Waals surface area (Å²) in [5, 5.41) is 17.8. The Labute approximate surface area is 87.4 Å². The van der Waals surface area contributed by atoms with E-state index in [1.807, 2.05) is 0 Å². The van der Waals surface area contributed by atoms with Crippen LogP contribution in [0.4, 0.5) is 0 Å². The Morgan fingerprint density at radius 2 is 1.87 bits per heavy atom. The van der Waals surface area contributed by atoms with Crippen LogP contribution in [0.2, 0.25) is 0 Å². The van der Waals surface area contributed by atoms with Crippen LogP contribution in [0.3, 0.4) is 0 Å². The molecule has 0 fully saturated rings. The lowest BCUT2D eigenvalue weighted by molar-refractivity contribution is -0.164. The average Bonchev–Trinajstić information content (AvgIpc) is 2.16. The van der Waals surface area contributed by atoms with Crippen LogP contribution in [0.5, 0.6) is 0 Å². The number of hydrogen-bond donors (Lipinski definition) is 2. The van der Waals surface area contributed by atoms with Crippen molar-refractivity contribution >= 4 is 17.7 Å². The standard InChI is InChI=1S/C10H14O5/c1-4-6(11)7(8(12)13)10(3,5-2)9(14)15/h4,7H,1,5H2,2-3H3,(H,12,13)(H,14,15). The van der Waals surface area contributed by atoms with Crippen LogP contribution >= 0.6 is 0 Å². The molecule has 0 aliphatic carbocycles. The summed E-state index contributed by atoms with van der Waals surface area (Å²) < 4.78 is 0. The third-order valence-corrected chi connectivity index (χ3v) is 2.59. The van der Waals surface area contributed by atoms with Gasteiger partial charge in [-0.15, -0.1) is 0 Å². The van der Waals surface area contributed by atoms with Gasteiger partial charge in [0, 0.05) is 0 Å². The third kappa shape index (κ3) is 2.43. The molecule has 5 nitrogen and oxygen atoms in total. The van der Waals surface area contributed by atoms with Crippen molar-refractivity contribution in [1.82, 2.24) is 0 Å². The predicted molar refractivity (Wildman–Crippen MR) is 52.4 cm³/mol. The summed E-state index contributed by atoms with van der Waals surface area (Å²) >= 11 is 0. The molecule has 2 atom stereocenters. The number of rotatable bonds is 6. The molecule has 0 aromatic rings. The van der Waals surface area contributed by atoms with E-state index in [9.17, 15) is 14.4 Å². The summed E-state index contributed by atoms with van der Waals surface area (Å²) in [7, 11) is 0. The van der Waals surface area contributed by atoms with Gasteiger partial charge in [0.25, 0.3) is 0 Å². The van der Waals surface area contributed by atoms with Crippen molar-refractivity contribution in [1.29, 1.82) is 0 Å². The molecule has 0 aromatic carbocycles. The zero-order chi connectivity index (χ0) is 12.2. The summed E-state index contributed by atoms with van der Waals surface area (Å²) in [5.41, 5.74) is -1.60. The summed E-state index contributed by atoms with van der Waals surface area (Å²) in [6, 6.07) is 0. The molecule has 0 amide bonds. The van der Waals surface area contributed by atoms with Crippen molar-refractivity contribution in [2.24, 2.45) is 11.3 Å². The summed E-state index contributed by atoms with van der Waals surface area (Å²) in [5.74, 6) is -5.11. The van der Waals surface area contributed by atoms with E-state index in [4.69, 9.17) is 10.2 Å². The van der Waals surface area contributed by atoms with Crippen LogP contribution in [-0.2, 0) is 14.4 Å². The number of carbonyl (C=O) groups is 3. The second-order valence-corrected chi connectivity index (χ2v) is 3.45. The van der Waals surface area contributed by atoms with Crippen LogP contribution in [0.1, 0.15) is 20.3 Å². The fourth-order valence-corrected chi connectivity index (χ4v) is 1.30. The van der Waals surface area contributed by atoms with Gasteiger partial charge in [-0.3, -0.25) is 14.4 Å². The molecule has 0 bridgehead atoms. The minimum Gasteiger partial charge on any atom is -0.481 e. The lowest BCUT2D eigenvalue weighted by Gasteiger charge is -2.27. The van der Waals surface area contributed by atoms with Crippen LogP contribution in [0.15, 0.2) is 12.7 Å². The van der Waals surface area contributed by atoms with Crippen molar-refractivity contribution in [3.63, 3.8) is 0 Å². The maximum absolute atomic E-state index is 11.3. The molecular weight excluding hydrogens is 200 g/mol. The highest BCUT2D eigenvalue weighted by Crippen LogP contribution is 2.32. The van der Waals surface area contributed by atoms with Gasteiger partial charge in [-0.05, 0) is 19.4 Å². The molecule has 0 aromatic heterocycles. The van der Waals surface area contributed by atoms with Gasteiger partial charge in [-0.1, -0.05) is 13.5 Å². The van der Waals surface area contributed by atoms with Gasteiger partial charge in [0.2, 0.25) is 0 Å². The molecular formula is C10H14O5. The van der Waals surface area contributed by atoms with Crippen molar-refractivity contribution in [2.75, 3.05) is 0 Å². The summed E-state index contributed by atoms with van der Waals surface area (Å²) in [6.07, 6.45) is 0.897. The van der Waals surface area contributed by atoms with Crippen LogP contribution in [0.25, 0.3) is 0 Å². The van der Waals surface area contributed by atoms with E-state index < -0.39 is 29.1 Å². The number of carbonyl (C=O) groups excluding carboxylic acids is 1. The van der Waals surface area contributed by atoms with Gasteiger partial charge in [0.05, 0.1) is 5.41 Å². The Balaban J connectivity index is 5.39. The molecule has 0 aliphatic heterocycles. The molecule has 84 valence electrons. The highest BCUT2D eigenvalue weighted by atomic mass is 16.4. The minimum atomic E-state index is -1.60. The van der Waals surface area contributed by atoms with Crippen LogP contribution in [-0.4, -0.2) is 27.9 Å². The molecule has 0 aliphatic rings. The Morgan fingerprint density at radius 1 is 1.40 bits per heavy atom. The zero-order valence-electron chi connectivity index (χ0n) is 8.69. The first-order chi connectivity index (χ1) is 6.81. The van der Waals surface area contributed by atoms with Crippen molar-refractivity contribution in [3.8, 4) is 0 Å². The fraction of sp³-hybridized carbons (Fsp3) is 0.500. The highest BCUT2D eigenvalue weighted by molar-refractivity contribution is 6.07. The number of aliphatic carboxylic acids is 2. The maximum atomic E-state index is 11.3. The molecule has 2 N–H and O–H groups in total. The van der Waals surface area contributed by atoms with Crippen molar-refractivity contribution in [3.05, 3.63) is 12.7 Å². The van der Waals surface area contributed by atoms with Crippen molar-refractivity contribution < 1.29 is 24.6 Å². The molecule has 0 saturated heterocycles. The normalized spacial score (nSPS) is 16.1. The van der Waals surface area contributed by atoms with Crippen LogP contribution < -0.4 is 0 Å². The van der Waals surface area contributed by atoms with E-state index >= 15 is 0 Å². The maximum Gasteiger partial charge on any atom is 0.315 e. The van der Waals surface area contributed by atoms with Gasteiger partial charge in [-0.25, -0.2) is 0 Å². The van der Waals surface area contributed by atoms with Gasteiger partial charge in [0.1, 0.15) is 5.92 Å². The Hall–Kier alpha value is -1.65. The fourth-order valence-electron chi connectivity index (χ4n) is 1.30. The Morgan fingerprint density at radius 3 is 2.07 bits per heavy atom. The monoisotopic (exact) mass is 214 g/mol. The van der Waals surface area contributed by atoms with E-state index in [0.29, 0.717) is 0 Å². The minimum absolute atomic E-state index is 0.0544. The number of ketones is 1. The number of carboxylic acid groups (broad SMARTS) is 2. The summed E-state index contributed by atoms with van der Waals surface area (Å²) in [6.45, 7) is 5.94.